The van der Waals surface area contributed by atoms with Crippen LogP contribution in [0.25, 0.3) is 11.1 Å². The Morgan fingerprint density at radius 3 is 2.38 bits per heavy atom. The number of aryl methyl sites for hydroxylation is 1. The molecule has 0 fully saturated rings. The number of anilines is 2. The minimum atomic E-state index is -0.142. The Labute approximate surface area is 275 Å². The average Bonchev–Trinajstić information content (AvgIpc) is 3.67. The van der Waals surface area contributed by atoms with E-state index in [0.717, 1.165) is 52.1 Å². The first-order valence-corrected chi connectivity index (χ1v) is 16.0. The molecule has 0 radical (unpaired) electrons. The van der Waals surface area contributed by atoms with E-state index in [2.05, 4.69) is 31.2 Å². The summed E-state index contributed by atoms with van der Waals surface area (Å²) in [7, 11) is 1.64. The van der Waals surface area contributed by atoms with Crippen LogP contribution in [0.4, 0.5) is 11.4 Å². The quantitative estimate of drug-likeness (QED) is 0.171. The highest BCUT2D eigenvalue weighted by Crippen LogP contribution is 2.43. The first-order valence-electron chi connectivity index (χ1n) is 16.0. The third kappa shape index (κ3) is 6.04. The molecular formula is C40H37N3O4. The van der Waals surface area contributed by atoms with E-state index in [1.807, 2.05) is 78.9 Å². The van der Waals surface area contributed by atoms with Gasteiger partial charge in [-0.15, -0.1) is 0 Å². The van der Waals surface area contributed by atoms with Gasteiger partial charge in [0.05, 0.1) is 25.4 Å². The van der Waals surface area contributed by atoms with Crippen molar-refractivity contribution in [2.75, 3.05) is 17.7 Å². The van der Waals surface area contributed by atoms with Gasteiger partial charge in [-0.2, -0.15) is 0 Å². The zero-order chi connectivity index (χ0) is 32.5. The van der Waals surface area contributed by atoms with Gasteiger partial charge in [-0.25, -0.2) is 0 Å². The van der Waals surface area contributed by atoms with E-state index < -0.39 is 0 Å². The number of carbonyl (C=O) groups excluding carboxylic acids is 2. The van der Waals surface area contributed by atoms with E-state index in [1.54, 1.807) is 23.0 Å². The van der Waals surface area contributed by atoms with E-state index in [0.29, 0.717) is 42.2 Å². The lowest BCUT2D eigenvalue weighted by Crippen LogP contribution is -2.26. The van der Waals surface area contributed by atoms with Gasteiger partial charge in [0.25, 0.3) is 11.8 Å². The Balaban J connectivity index is 1.17. The number of nitrogens with two attached hydrogens (primary N) is 1. The molecule has 2 aliphatic heterocycles. The predicted molar refractivity (Wildman–Crippen MR) is 185 cm³/mol. The summed E-state index contributed by atoms with van der Waals surface area (Å²) >= 11 is 0. The highest BCUT2D eigenvalue weighted by molar-refractivity contribution is 6.13. The number of fused-ring (bicyclic) bond motifs is 2. The van der Waals surface area contributed by atoms with Crippen molar-refractivity contribution in [1.29, 1.82) is 0 Å². The number of rotatable bonds is 9. The average molecular weight is 624 g/mol. The third-order valence-corrected chi connectivity index (χ3v) is 9.09. The Hall–Kier alpha value is -5.56. The molecule has 5 aromatic rings. The zero-order valence-electron chi connectivity index (χ0n) is 26.6. The van der Waals surface area contributed by atoms with Crippen molar-refractivity contribution in [1.82, 2.24) is 4.90 Å². The summed E-state index contributed by atoms with van der Waals surface area (Å²) in [5, 5.41) is 0. The molecule has 0 aliphatic carbocycles. The second-order valence-electron chi connectivity index (χ2n) is 12.3. The molecule has 2 N–H and O–H groups in total. The number of carbonyl (C=O) groups is 2. The van der Waals surface area contributed by atoms with Crippen LogP contribution in [0.15, 0.2) is 109 Å². The number of nitrogen functional groups attached to an aromatic ring is 1. The van der Waals surface area contributed by atoms with Crippen molar-refractivity contribution in [3.05, 3.63) is 143 Å². The standard InChI is InChI=1S/C40H37N3O4/c1-26(11-12-27-7-4-3-5-8-27)47-37-10-6-9-36(38(37)28-16-19-34(46-2)20-17-28)43-25-31-14-13-29(22-35(31)40(43)45)39(44)42-23-30-15-18-33(41)21-32(30)24-42/h3-10,13-22,26H,11-12,23-25,41H2,1-2H3. The zero-order valence-corrected chi connectivity index (χ0v) is 26.6. The SMILES string of the molecule is COc1ccc(-c2c(OC(C)CCc3ccccc3)cccc2N2Cc3ccc(C(=O)N4Cc5ccc(N)cc5C4)cc3C2=O)cc1. The number of nitrogens with zero attached hydrogens (tertiary/aromatic N) is 2. The van der Waals surface area contributed by atoms with Crippen LogP contribution >= 0.6 is 0 Å². The summed E-state index contributed by atoms with van der Waals surface area (Å²) in [6, 6.07) is 35.3. The fraction of sp³-hybridized carbons (Fsp3) is 0.200. The molecule has 47 heavy (non-hydrogen) atoms. The monoisotopic (exact) mass is 623 g/mol. The van der Waals surface area contributed by atoms with Crippen LogP contribution in [-0.2, 0) is 26.1 Å². The molecule has 0 saturated heterocycles. The summed E-state index contributed by atoms with van der Waals surface area (Å²) in [4.78, 5) is 31.3. The Kier molecular flexibility index (Phi) is 8.12. The molecule has 1 unspecified atom stereocenters. The molecule has 2 heterocycles. The highest BCUT2D eigenvalue weighted by atomic mass is 16.5. The van der Waals surface area contributed by atoms with Gasteiger partial charge in [-0.05, 0) is 96.1 Å². The normalized spacial score (nSPS) is 14.1. The maximum Gasteiger partial charge on any atom is 0.258 e. The van der Waals surface area contributed by atoms with Gasteiger partial charge in [0.1, 0.15) is 11.5 Å². The fourth-order valence-electron chi connectivity index (χ4n) is 6.55. The van der Waals surface area contributed by atoms with Crippen molar-refractivity contribution in [3.8, 4) is 22.6 Å². The highest BCUT2D eigenvalue weighted by Gasteiger charge is 2.33. The molecule has 0 aromatic heterocycles. The molecule has 0 spiro atoms. The minimum absolute atomic E-state index is 0.0596. The van der Waals surface area contributed by atoms with Crippen molar-refractivity contribution >= 4 is 23.2 Å². The second kappa shape index (κ2) is 12.7. The largest absolute Gasteiger partial charge is 0.497 e. The van der Waals surface area contributed by atoms with Gasteiger partial charge < -0.3 is 25.0 Å². The summed E-state index contributed by atoms with van der Waals surface area (Å²) in [5.41, 5.74) is 14.5. The predicted octanol–water partition coefficient (Wildman–Crippen LogP) is 7.66. The summed E-state index contributed by atoms with van der Waals surface area (Å²) < 4.78 is 12.0. The molecule has 7 nitrogen and oxygen atoms in total. The summed E-state index contributed by atoms with van der Waals surface area (Å²) in [5.74, 6) is 1.21. The number of amides is 2. The van der Waals surface area contributed by atoms with Crippen molar-refractivity contribution in [3.63, 3.8) is 0 Å². The van der Waals surface area contributed by atoms with Crippen LogP contribution in [0.3, 0.4) is 0 Å². The van der Waals surface area contributed by atoms with Crippen LogP contribution in [0.2, 0.25) is 0 Å². The molecule has 5 aromatic carbocycles. The van der Waals surface area contributed by atoms with Gasteiger partial charge in [0, 0.05) is 35.5 Å². The first kappa shape index (κ1) is 30.1. The number of ether oxygens (including phenoxy) is 2. The third-order valence-electron chi connectivity index (χ3n) is 9.09. The maximum absolute atomic E-state index is 14.1. The van der Waals surface area contributed by atoms with Gasteiger partial charge in [-0.3, -0.25) is 9.59 Å². The van der Waals surface area contributed by atoms with E-state index >= 15 is 0 Å². The van der Waals surface area contributed by atoms with E-state index in [-0.39, 0.29) is 17.9 Å². The Bertz CT molecular complexity index is 1960. The smallest absolute Gasteiger partial charge is 0.258 e. The van der Waals surface area contributed by atoms with Gasteiger partial charge >= 0.3 is 0 Å². The number of hydrogen-bond acceptors (Lipinski definition) is 5. The molecule has 0 bridgehead atoms. The summed E-state index contributed by atoms with van der Waals surface area (Å²) in [6.45, 7) is 3.50. The maximum atomic E-state index is 14.1. The topological polar surface area (TPSA) is 85.1 Å². The van der Waals surface area contributed by atoms with Crippen LogP contribution in [-0.4, -0.2) is 29.9 Å². The molecule has 2 aliphatic rings. The molecule has 0 saturated carbocycles. The van der Waals surface area contributed by atoms with Gasteiger partial charge in [0.15, 0.2) is 0 Å². The van der Waals surface area contributed by atoms with Crippen LogP contribution in [0.1, 0.15) is 56.3 Å². The van der Waals surface area contributed by atoms with Crippen molar-refractivity contribution < 1.29 is 19.1 Å². The van der Waals surface area contributed by atoms with E-state index in [9.17, 15) is 9.59 Å². The van der Waals surface area contributed by atoms with Gasteiger partial charge in [-0.1, -0.05) is 60.7 Å². The van der Waals surface area contributed by atoms with Gasteiger partial charge in [0.2, 0.25) is 0 Å². The molecule has 1 atom stereocenters. The lowest BCUT2D eigenvalue weighted by Gasteiger charge is -2.24. The minimum Gasteiger partial charge on any atom is -0.497 e. The van der Waals surface area contributed by atoms with Crippen molar-refractivity contribution in [2.24, 2.45) is 0 Å². The second-order valence-corrected chi connectivity index (χ2v) is 12.3. The van der Waals surface area contributed by atoms with Crippen LogP contribution in [0, 0.1) is 0 Å². The number of hydrogen-bond donors (Lipinski definition) is 1. The fourth-order valence-corrected chi connectivity index (χ4v) is 6.55. The van der Waals surface area contributed by atoms with E-state index in [4.69, 9.17) is 15.2 Å². The van der Waals surface area contributed by atoms with E-state index in [1.165, 1.54) is 5.56 Å². The first-order chi connectivity index (χ1) is 22.9. The lowest BCUT2D eigenvalue weighted by atomic mass is 10.0. The molecule has 7 rings (SSSR count). The van der Waals surface area contributed by atoms with Crippen LogP contribution < -0.4 is 20.1 Å². The lowest BCUT2D eigenvalue weighted by molar-refractivity contribution is 0.0751. The number of benzene rings is 5. The molecular weight excluding hydrogens is 586 g/mol. The number of methoxy groups -OCH3 is 1. The Morgan fingerprint density at radius 2 is 1.60 bits per heavy atom. The van der Waals surface area contributed by atoms with Crippen LogP contribution in [0.5, 0.6) is 11.5 Å². The molecule has 7 heteroatoms. The molecule has 2 amide bonds. The summed E-state index contributed by atoms with van der Waals surface area (Å²) in [6.07, 6.45) is 1.69. The Morgan fingerprint density at radius 1 is 0.830 bits per heavy atom. The molecule has 236 valence electrons. The van der Waals surface area contributed by atoms with Crippen molar-refractivity contribution in [2.45, 2.75) is 45.5 Å².